The van der Waals surface area contributed by atoms with Crippen molar-refractivity contribution in [3.05, 3.63) is 41.2 Å². The number of anilines is 1. The van der Waals surface area contributed by atoms with Gasteiger partial charge in [-0.1, -0.05) is 0 Å². The highest BCUT2D eigenvalue weighted by molar-refractivity contribution is 5.65. The number of rotatable bonds is 5. The summed E-state index contributed by atoms with van der Waals surface area (Å²) in [5, 5.41) is 22.9. The number of aromatic nitrogens is 4. The van der Waals surface area contributed by atoms with E-state index in [0.29, 0.717) is 43.0 Å². The lowest BCUT2D eigenvalue weighted by molar-refractivity contribution is -0.141. The van der Waals surface area contributed by atoms with Crippen molar-refractivity contribution < 1.29 is 28.2 Å². The van der Waals surface area contributed by atoms with E-state index in [4.69, 9.17) is 5.11 Å². The third kappa shape index (κ3) is 5.37. The van der Waals surface area contributed by atoms with Gasteiger partial charge in [-0.25, -0.2) is 24.7 Å². The highest BCUT2D eigenvalue weighted by atomic mass is 19.4. The van der Waals surface area contributed by atoms with Crippen LogP contribution in [0.15, 0.2) is 18.5 Å². The number of likely N-dealkylation sites (tertiary alicyclic amines) is 1. The number of halogens is 3. The second kappa shape index (κ2) is 8.61. The van der Waals surface area contributed by atoms with E-state index in [9.17, 15) is 23.1 Å². The molecule has 12 heteroatoms. The molecule has 0 aliphatic carbocycles. The first-order valence-corrected chi connectivity index (χ1v) is 9.66. The molecule has 31 heavy (non-hydrogen) atoms. The maximum Gasteiger partial charge on any atom is 0.433 e. The average Bonchev–Trinajstić information content (AvgIpc) is 2.72. The number of nitrogens with one attached hydrogen (secondary N) is 1. The van der Waals surface area contributed by atoms with Gasteiger partial charge < -0.3 is 20.4 Å². The van der Waals surface area contributed by atoms with Gasteiger partial charge in [-0.3, -0.25) is 0 Å². The van der Waals surface area contributed by atoms with Gasteiger partial charge >= 0.3 is 12.3 Å². The number of hydrogen-bond donors (Lipinski definition) is 3. The second-order valence-electron chi connectivity index (χ2n) is 7.65. The lowest BCUT2D eigenvalue weighted by Crippen LogP contribution is -2.38. The fraction of sp³-hybridized carbons (Fsp3) is 0.526. The minimum atomic E-state index is -4.61. The molecule has 2 aromatic heterocycles. The van der Waals surface area contributed by atoms with E-state index >= 15 is 0 Å². The van der Waals surface area contributed by atoms with E-state index in [-0.39, 0.29) is 18.4 Å². The number of aliphatic hydroxyl groups is 1. The Morgan fingerprint density at radius 3 is 2.55 bits per heavy atom. The molecule has 1 amide bonds. The topological polar surface area (TPSA) is 124 Å². The zero-order valence-corrected chi connectivity index (χ0v) is 17.0. The summed E-state index contributed by atoms with van der Waals surface area (Å²) in [5.74, 6) is 0.160. The monoisotopic (exact) mass is 440 g/mol. The number of piperidine rings is 1. The molecule has 1 unspecified atom stereocenters. The number of carbonyl (C=O) groups is 1. The van der Waals surface area contributed by atoms with Crippen LogP contribution < -0.4 is 5.32 Å². The predicted molar refractivity (Wildman–Crippen MR) is 103 cm³/mol. The first-order valence-electron chi connectivity index (χ1n) is 9.66. The summed E-state index contributed by atoms with van der Waals surface area (Å²) in [6.07, 6.45) is -2.02. The van der Waals surface area contributed by atoms with E-state index < -0.39 is 23.6 Å². The minimum absolute atomic E-state index is 0.0800. The summed E-state index contributed by atoms with van der Waals surface area (Å²) in [4.78, 5) is 28.3. The van der Waals surface area contributed by atoms with Crippen LogP contribution in [0.5, 0.6) is 0 Å². The van der Waals surface area contributed by atoms with Crippen molar-refractivity contribution in [2.45, 2.75) is 44.4 Å². The number of aryl methyl sites for hydroxylation is 1. The summed E-state index contributed by atoms with van der Waals surface area (Å²) in [6, 6.07) is 0.763. The molecule has 3 N–H and O–H groups in total. The van der Waals surface area contributed by atoms with Crippen molar-refractivity contribution in [3.63, 3.8) is 0 Å². The Hall–Kier alpha value is -3.02. The first-order chi connectivity index (χ1) is 14.5. The largest absolute Gasteiger partial charge is 0.465 e. The zero-order valence-electron chi connectivity index (χ0n) is 17.0. The summed E-state index contributed by atoms with van der Waals surface area (Å²) < 4.78 is 38.6. The Labute approximate surface area is 176 Å². The Bertz CT molecular complexity index is 946. The molecule has 0 radical (unpaired) electrons. The first kappa shape index (κ1) is 22.7. The van der Waals surface area contributed by atoms with Gasteiger partial charge in [-0.05, 0) is 32.8 Å². The van der Waals surface area contributed by atoms with Gasteiger partial charge in [0.15, 0.2) is 0 Å². The predicted octanol–water partition coefficient (Wildman–Crippen LogP) is 2.77. The standard InChI is InChI=1S/C19H23F3N6O3/c1-11-24-9-13(15(26-11)12-4-7-28(8-5-12)17(29)30)18(2,31)10-25-16-23-6-3-14(27-16)19(20,21)22/h3,6,9,12,31H,4-5,7-8,10H2,1-2H3,(H,29,30)(H,23,25,27). The summed E-state index contributed by atoms with van der Waals surface area (Å²) in [7, 11) is 0. The fourth-order valence-electron chi connectivity index (χ4n) is 3.51. The SMILES string of the molecule is Cc1ncc(C(C)(O)CNc2nccc(C(F)(F)F)n2)c(C2CCN(C(=O)O)CC2)n1. The van der Waals surface area contributed by atoms with Crippen molar-refractivity contribution in [3.8, 4) is 0 Å². The molecule has 2 aromatic rings. The highest BCUT2D eigenvalue weighted by Crippen LogP contribution is 2.34. The molecule has 1 saturated heterocycles. The smallest absolute Gasteiger partial charge is 0.433 e. The number of alkyl halides is 3. The minimum Gasteiger partial charge on any atom is -0.465 e. The quantitative estimate of drug-likeness (QED) is 0.648. The third-order valence-corrected chi connectivity index (χ3v) is 5.21. The number of carboxylic acid groups (broad SMARTS) is 1. The molecule has 0 saturated carbocycles. The van der Waals surface area contributed by atoms with E-state index in [1.54, 1.807) is 6.92 Å². The molecule has 1 aliphatic rings. The van der Waals surface area contributed by atoms with Crippen LogP contribution in [0, 0.1) is 6.92 Å². The van der Waals surface area contributed by atoms with Gasteiger partial charge in [-0.2, -0.15) is 13.2 Å². The van der Waals surface area contributed by atoms with Crippen molar-refractivity contribution >= 4 is 12.0 Å². The molecule has 1 aliphatic heterocycles. The summed E-state index contributed by atoms with van der Waals surface area (Å²) in [5.41, 5.74) is -1.60. The van der Waals surface area contributed by atoms with Crippen LogP contribution in [0.3, 0.4) is 0 Å². The lowest BCUT2D eigenvalue weighted by atomic mass is 9.85. The van der Waals surface area contributed by atoms with Gasteiger partial charge in [0.1, 0.15) is 17.1 Å². The fourth-order valence-corrected chi connectivity index (χ4v) is 3.51. The maximum atomic E-state index is 12.9. The van der Waals surface area contributed by atoms with E-state index in [1.165, 1.54) is 18.0 Å². The molecule has 0 bridgehead atoms. The molecule has 0 aromatic carbocycles. The van der Waals surface area contributed by atoms with Crippen molar-refractivity contribution in [1.82, 2.24) is 24.8 Å². The van der Waals surface area contributed by atoms with Crippen LogP contribution in [0.4, 0.5) is 23.9 Å². The molecule has 3 heterocycles. The molecule has 168 valence electrons. The van der Waals surface area contributed by atoms with Gasteiger partial charge in [0, 0.05) is 37.0 Å². The average molecular weight is 440 g/mol. The summed E-state index contributed by atoms with van der Waals surface area (Å²) >= 11 is 0. The molecule has 1 atom stereocenters. The van der Waals surface area contributed by atoms with Crippen LogP contribution in [0.2, 0.25) is 0 Å². The van der Waals surface area contributed by atoms with E-state index in [0.717, 1.165) is 12.3 Å². The third-order valence-electron chi connectivity index (χ3n) is 5.21. The van der Waals surface area contributed by atoms with E-state index in [1.807, 2.05) is 0 Å². The molecule has 1 fully saturated rings. The normalized spacial score (nSPS) is 17.3. The van der Waals surface area contributed by atoms with E-state index in [2.05, 4.69) is 25.3 Å². The van der Waals surface area contributed by atoms with Gasteiger partial charge in [0.05, 0.1) is 12.2 Å². The Kier molecular flexibility index (Phi) is 6.30. The highest BCUT2D eigenvalue weighted by Gasteiger charge is 2.35. The Balaban J connectivity index is 1.79. The van der Waals surface area contributed by atoms with Crippen LogP contribution in [-0.4, -0.2) is 60.8 Å². The van der Waals surface area contributed by atoms with Crippen molar-refractivity contribution in [2.24, 2.45) is 0 Å². The van der Waals surface area contributed by atoms with Crippen molar-refractivity contribution in [2.75, 3.05) is 25.0 Å². The molecule has 9 nitrogen and oxygen atoms in total. The Morgan fingerprint density at radius 2 is 1.94 bits per heavy atom. The summed E-state index contributed by atoms with van der Waals surface area (Å²) in [6.45, 7) is 3.73. The van der Waals surface area contributed by atoms with Crippen LogP contribution in [-0.2, 0) is 11.8 Å². The zero-order chi connectivity index (χ0) is 22.8. The number of nitrogens with zero attached hydrogens (tertiary/aromatic N) is 5. The maximum absolute atomic E-state index is 12.9. The van der Waals surface area contributed by atoms with Crippen molar-refractivity contribution in [1.29, 1.82) is 0 Å². The lowest BCUT2D eigenvalue weighted by Gasteiger charge is -2.33. The molecular weight excluding hydrogens is 417 g/mol. The molecule has 3 rings (SSSR count). The van der Waals surface area contributed by atoms with Crippen LogP contribution in [0.1, 0.15) is 48.5 Å². The van der Waals surface area contributed by atoms with Gasteiger partial charge in [-0.15, -0.1) is 0 Å². The molecular formula is C19H23F3N6O3. The Morgan fingerprint density at radius 1 is 1.26 bits per heavy atom. The van der Waals surface area contributed by atoms with Crippen LogP contribution >= 0.6 is 0 Å². The van der Waals surface area contributed by atoms with Gasteiger partial charge in [0.25, 0.3) is 0 Å². The van der Waals surface area contributed by atoms with Gasteiger partial charge in [0.2, 0.25) is 5.95 Å². The number of amides is 1. The second-order valence-corrected chi connectivity index (χ2v) is 7.65. The molecule has 0 spiro atoms. The van der Waals surface area contributed by atoms with Crippen LogP contribution in [0.25, 0.3) is 0 Å². The number of hydrogen-bond acceptors (Lipinski definition) is 7.